The third-order valence-corrected chi connectivity index (χ3v) is 5.80. The van der Waals surface area contributed by atoms with Gasteiger partial charge in [-0.2, -0.15) is 18.2 Å². The van der Waals surface area contributed by atoms with E-state index in [2.05, 4.69) is 19.8 Å². The second-order valence-corrected chi connectivity index (χ2v) is 8.19. The molecule has 0 aliphatic carbocycles. The summed E-state index contributed by atoms with van der Waals surface area (Å²) >= 11 is 1.49. The molecule has 0 unspecified atom stereocenters. The average molecular weight is 459 g/mol. The maximum absolute atomic E-state index is 13.1. The Kier molecular flexibility index (Phi) is 8.33. The van der Waals surface area contributed by atoms with Crippen molar-refractivity contribution in [2.75, 3.05) is 45.9 Å². The zero-order chi connectivity index (χ0) is 22.3. The second-order valence-electron chi connectivity index (χ2n) is 7.17. The Morgan fingerprint density at radius 2 is 1.97 bits per heavy atom. The molecule has 1 aromatic carbocycles. The number of thioether (sulfide) groups is 1. The van der Waals surface area contributed by atoms with E-state index in [1.807, 2.05) is 29.2 Å². The van der Waals surface area contributed by atoms with Gasteiger partial charge >= 0.3 is 6.18 Å². The molecule has 0 radical (unpaired) electrons. The third-order valence-electron chi connectivity index (χ3n) is 4.73. The Hall–Kier alpha value is -2.11. The first-order valence-corrected chi connectivity index (χ1v) is 11.0. The van der Waals surface area contributed by atoms with Gasteiger partial charge in [0.1, 0.15) is 6.61 Å². The van der Waals surface area contributed by atoms with E-state index >= 15 is 0 Å². The van der Waals surface area contributed by atoms with Gasteiger partial charge in [-0.3, -0.25) is 9.69 Å². The van der Waals surface area contributed by atoms with Crippen molar-refractivity contribution in [3.63, 3.8) is 0 Å². The van der Waals surface area contributed by atoms with Gasteiger partial charge in [-0.1, -0.05) is 17.3 Å². The molecule has 1 aliphatic heterocycles. The molecule has 1 aromatic heterocycles. The van der Waals surface area contributed by atoms with E-state index < -0.39 is 12.8 Å². The summed E-state index contributed by atoms with van der Waals surface area (Å²) in [7, 11) is 0. The van der Waals surface area contributed by atoms with Crippen molar-refractivity contribution in [3.8, 4) is 0 Å². The van der Waals surface area contributed by atoms with Crippen molar-refractivity contribution in [1.29, 1.82) is 0 Å². The molecule has 2 aromatic rings. The van der Waals surface area contributed by atoms with E-state index in [0.717, 1.165) is 4.90 Å². The van der Waals surface area contributed by atoms with Crippen LogP contribution >= 0.6 is 11.8 Å². The Bertz CT molecular complexity index is 854. The lowest BCUT2D eigenvalue weighted by molar-refractivity contribution is -0.174. The van der Waals surface area contributed by atoms with Gasteiger partial charge in [-0.25, -0.2) is 0 Å². The topological polar surface area (TPSA) is 71.7 Å². The fourth-order valence-electron chi connectivity index (χ4n) is 3.23. The molecule has 1 saturated heterocycles. The molecule has 0 N–H and O–H groups in total. The average Bonchev–Trinajstić information content (AvgIpc) is 3.16. The number of alkyl halides is 3. The summed E-state index contributed by atoms with van der Waals surface area (Å²) in [4.78, 5) is 22.0. The van der Waals surface area contributed by atoms with Crippen molar-refractivity contribution in [2.45, 2.75) is 30.2 Å². The van der Waals surface area contributed by atoms with Crippen molar-refractivity contribution in [3.05, 3.63) is 41.5 Å². The summed E-state index contributed by atoms with van der Waals surface area (Å²) in [5.41, 5.74) is 0.640. The van der Waals surface area contributed by atoms with Crippen LogP contribution in [0.25, 0.3) is 0 Å². The number of halogens is 3. The smallest absolute Gasteiger partial charge is 0.372 e. The molecule has 0 saturated carbocycles. The van der Waals surface area contributed by atoms with E-state index in [9.17, 15) is 18.0 Å². The number of carbonyl (C=O) groups is 1. The van der Waals surface area contributed by atoms with Crippen LogP contribution in [0.1, 0.15) is 28.5 Å². The molecule has 0 spiro atoms. The largest absolute Gasteiger partial charge is 0.411 e. The minimum atomic E-state index is -4.29. The van der Waals surface area contributed by atoms with Crippen molar-refractivity contribution < 1.29 is 27.2 Å². The lowest BCUT2D eigenvalue weighted by Gasteiger charge is -2.35. The van der Waals surface area contributed by atoms with Crippen LogP contribution in [0.5, 0.6) is 0 Å². The molecule has 2 heterocycles. The maximum atomic E-state index is 13.1. The van der Waals surface area contributed by atoms with Gasteiger partial charge in [-0.05, 0) is 18.6 Å². The Morgan fingerprint density at radius 1 is 1.23 bits per heavy atom. The van der Waals surface area contributed by atoms with Crippen LogP contribution in [0.2, 0.25) is 0 Å². The minimum Gasteiger partial charge on any atom is -0.372 e. The number of nitrogens with zero attached hydrogens (tertiary/aromatic N) is 4. The number of carbonyl (C=O) groups excluding carboxylic acids is 1. The van der Waals surface area contributed by atoms with Gasteiger partial charge in [-0.15, -0.1) is 11.8 Å². The summed E-state index contributed by atoms with van der Waals surface area (Å²) in [5.74, 6) is 1.56. The highest BCUT2D eigenvalue weighted by molar-refractivity contribution is 7.98. The third kappa shape index (κ3) is 7.51. The first kappa shape index (κ1) is 23.6. The molecule has 11 heteroatoms. The van der Waals surface area contributed by atoms with Gasteiger partial charge < -0.3 is 14.2 Å². The molecular formula is C20H25F3N4O3S. The van der Waals surface area contributed by atoms with E-state index in [4.69, 9.17) is 4.52 Å². The number of aryl methyl sites for hydroxylation is 1. The lowest BCUT2D eigenvalue weighted by Crippen LogP contribution is -2.49. The number of amides is 1. The van der Waals surface area contributed by atoms with E-state index in [0.29, 0.717) is 62.2 Å². The highest BCUT2D eigenvalue weighted by atomic mass is 32.2. The fraction of sp³-hybridized carbons (Fsp3) is 0.550. The van der Waals surface area contributed by atoms with Crippen molar-refractivity contribution in [2.24, 2.45) is 0 Å². The highest BCUT2D eigenvalue weighted by Crippen LogP contribution is 2.27. The number of hydrogen-bond acceptors (Lipinski definition) is 7. The van der Waals surface area contributed by atoms with Crippen LogP contribution in [-0.4, -0.2) is 78.0 Å². The highest BCUT2D eigenvalue weighted by Gasteiger charge is 2.27. The maximum Gasteiger partial charge on any atom is 0.411 e. The van der Waals surface area contributed by atoms with E-state index in [1.165, 1.54) is 11.8 Å². The Balaban J connectivity index is 1.45. The number of rotatable bonds is 9. The van der Waals surface area contributed by atoms with Gasteiger partial charge in [0.15, 0.2) is 5.82 Å². The zero-order valence-electron chi connectivity index (χ0n) is 17.2. The van der Waals surface area contributed by atoms with Crippen LogP contribution in [-0.2, 0) is 10.5 Å². The first-order valence-electron chi connectivity index (χ1n) is 9.99. The molecule has 1 aliphatic rings. The molecule has 3 rings (SSSR count). The zero-order valence-corrected chi connectivity index (χ0v) is 18.0. The summed E-state index contributed by atoms with van der Waals surface area (Å²) in [6.45, 7) is 3.76. The minimum absolute atomic E-state index is 0.0273. The van der Waals surface area contributed by atoms with Gasteiger partial charge in [0.2, 0.25) is 5.89 Å². The first-order chi connectivity index (χ1) is 14.8. The van der Waals surface area contributed by atoms with Crippen LogP contribution in [0.15, 0.2) is 33.7 Å². The van der Waals surface area contributed by atoms with Crippen LogP contribution in [0.4, 0.5) is 13.2 Å². The molecule has 7 nitrogen and oxygen atoms in total. The molecule has 31 heavy (non-hydrogen) atoms. The molecule has 170 valence electrons. The summed E-state index contributed by atoms with van der Waals surface area (Å²) in [5, 5.41) is 3.88. The summed E-state index contributed by atoms with van der Waals surface area (Å²) < 4.78 is 45.8. The number of hydrogen-bond donors (Lipinski definition) is 0. The van der Waals surface area contributed by atoms with Gasteiger partial charge in [0.25, 0.3) is 5.91 Å². The van der Waals surface area contributed by atoms with Crippen LogP contribution in [0.3, 0.4) is 0 Å². The van der Waals surface area contributed by atoms with Crippen LogP contribution < -0.4 is 0 Å². The number of aromatic nitrogens is 2. The molecule has 0 bridgehead atoms. The monoisotopic (exact) mass is 458 g/mol. The quantitative estimate of drug-likeness (QED) is 0.421. The van der Waals surface area contributed by atoms with E-state index in [-0.39, 0.29) is 12.5 Å². The Labute approximate surface area is 182 Å². The molecule has 1 fully saturated rings. The normalized spacial score (nSPS) is 15.4. The number of ether oxygens (including phenoxy) is 1. The van der Waals surface area contributed by atoms with Crippen molar-refractivity contribution >= 4 is 17.7 Å². The molecular weight excluding hydrogens is 433 g/mol. The number of piperazine rings is 1. The summed E-state index contributed by atoms with van der Waals surface area (Å²) in [6.07, 6.45) is -3.76. The lowest BCUT2D eigenvalue weighted by atomic mass is 10.1. The fourth-order valence-corrected chi connectivity index (χ4v) is 4.12. The van der Waals surface area contributed by atoms with Crippen molar-refractivity contribution in [1.82, 2.24) is 19.9 Å². The summed E-state index contributed by atoms with van der Waals surface area (Å²) in [6, 6.07) is 7.45. The number of benzene rings is 1. The predicted molar refractivity (Wildman–Crippen MR) is 109 cm³/mol. The Morgan fingerprint density at radius 3 is 2.65 bits per heavy atom. The van der Waals surface area contributed by atoms with Gasteiger partial charge in [0, 0.05) is 51.1 Å². The predicted octanol–water partition coefficient (Wildman–Crippen LogP) is 3.40. The van der Waals surface area contributed by atoms with Crippen LogP contribution in [0, 0.1) is 6.92 Å². The second kappa shape index (κ2) is 11.0. The standard InChI is InChI=1S/C20H25F3N4O3S/c1-15-24-18(25-30-15)13-31-17-6-3-2-5-16(17)19(28)27-10-8-26(9-11-27)7-4-12-29-14-20(21,22)23/h2-3,5-6H,4,7-14H2,1H3. The molecule has 0 atom stereocenters. The van der Waals surface area contributed by atoms with Gasteiger partial charge in [0.05, 0.1) is 11.3 Å². The van der Waals surface area contributed by atoms with E-state index in [1.54, 1.807) is 6.92 Å². The SMILES string of the molecule is Cc1nc(CSc2ccccc2C(=O)N2CCN(CCCOCC(F)(F)F)CC2)no1. The molecule has 1 amide bonds.